The lowest BCUT2D eigenvalue weighted by atomic mass is 9.72. The minimum atomic E-state index is -0.352. The molecule has 1 aliphatic carbocycles. The van der Waals surface area contributed by atoms with Crippen LogP contribution in [-0.2, 0) is 14.9 Å². The lowest BCUT2D eigenvalue weighted by Gasteiger charge is -2.33. The Bertz CT molecular complexity index is 1900. The summed E-state index contributed by atoms with van der Waals surface area (Å²) in [5.74, 6) is 0. The number of aromatic amines is 1. The number of nitrogens with one attached hydrogen (secondary N) is 1. The van der Waals surface area contributed by atoms with Gasteiger partial charge in [-0.05, 0) is 70.0 Å². The minimum Gasteiger partial charge on any atom is -0.394 e. The van der Waals surface area contributed by atoms with Crippen molar-refractivity contribution in [2.75, 3.05) is 39.6 Å². The van der Waals surface area contributed by atoms with Crippen LogP contribution in [-0.4, -0.2) is 54.8 Å². The van der Waals surface area contributed by atoms with Crippen molar-refractivity contribution in [1.82, 2.24) is 4.98 Å². The van der Waals surface area contributed by atoms with Gasteiger partial charge in [-0.3, -0.25) is 0 Å². The van der Waals surface area contributed by atoms with Gasteiger partial charge in [0.05, 0.1) is 31.9 Å². The largest absolute Gasteiger partial charge is 0.394 e. The third-order valence-electron chi connectivity index (χ3n) is 9.14. The lowest BCUT2D eigenvalue weighted by molar-refractivity contribution is 0.0646. The Hall–Kier alpha value is -4.26. The number of hydrogen-bond acceptors (Lipinski definition) is 4. The molecule has 222 valence electrons. The summed E-state index contributed by atoms with van der Waals surface area (Å²) in [7, 11) is 0. The fourth-order valence-corrected chi connectivity index (χ4v) is 7.09. The van der Waals surface area contributed by atoms with Crippen LogP contribution in [0.15, 0.2) is 109 Å². The summed E-state index contributed by atoms with van der Waals surface area (Å²) in [6, 6.07) is 39.2. The molecule has 0 radical (unpaired) electrons. The van der Waals surface area contributed by atoms with Gasteiger partial charge in [0.15, 0.2) is 0 Å². The van der Waals surface area contributed by atoms with E-state index in [-0.39, 0.29) is 18.6 Å². The van der Waals surface area contributed by atoms with Gasteiger partial charge >= 0.3 is 0 Å². The van der Waals surface area contributed by atoms with Gasteiger partial charge < -0.3 is 24.7 Å². The summed E-state index contributed by atoms with van der Waals surface area (Å²) in [5, 5.41) is 21.3. The number of hydrogen-bond donors (Lipinski definition) is 3. The summed E-state index contributed by atoms with van der Waals surface area (Å²) in [6.45, 7) is 1.65. The fourth-order valence-electron chi connectivity index (χ4n) is 7.09. The first-order chi connectivity index (χ1) is 21.7. The minimum absolute atomic E-state index is 0.00112. The maximum Gasteiger partial charge on any atom is 0.0697 e. The van der Waals surface area contributed by atoms with Crippen LogP contribution in [0.5, 0.6) is 0 Å². The summed E-state index contributed by atoms with van der Waals surface area (Å²) >= 11 is 0. The van der Waals surface area contributed by atoms with E-state index in [2.05, 4.69) is 108 Å². The molecule has 1 aliphatic rings. The molecule has 5 nitrogen and oxygen atoms in total. The Morgan fingerprint density at radius 1 is 0.523 bits per heavy atom. The second kappa shape index (κ2) is 12.4. The normalized spacial score (nSPS) is 13.4. The molecule has 5 heteroatoms. The first-order valence-corrected chi connectivity index (χ1v) is 15.5. The van der Waals surface area contributed by atoms with E-state index in [4.69, 9.17) is 9.47 Å². The zero-order valence-corrected chi connectivity index (χ0v) is 24.8. The molecule has 0 bridgehead atoms. The maximum absolute atomic E-state index is 9.41. The van der Waals surface area contributed by atoms with E-state index in [1.807, 2.05) is 6.07 Å². The number of ether oxygens (including phenoxy) is 2. The molecule has 0 unspecified atom stereocenters. The topological polar surface area (TPSA) is 74.7 Å². The van der Waals surface area contributed by atoms with Crippen LogP contribution in [0.3, 0.4) is 0 Å². The van der Waals surface area contributed by atoms with Crippen molar-refractivity contribution in [2.24, 2.45) is 0 Å². The summed E-state index contributed by atoms with van der Waals surface area (Å²) in [6.07, 6.45) is 1.50. The van der Waals surface area contributed by atoms with E-state index in [9.17, 15) is 10.2 Å². The van der Waals surface area contributed by atoms with Crippen LogP contribution < -0.4 is 0 Å². The number of para-hydroxylation sites is 2. The van der Waals surface area contributed by atoms with E-state index in [1.165, 1.54) is 49.7 Å². The molecule has 7 rings (SSSR count). The van der Waals surface area contributed by atoms with Gasteiger partial charge in [0.2, 0.25) is 0 Å². The molecule has 5 aromatic carbocycles. The van der Waals surface area contributed by atoms with E-state index < -0.39 is 0 Å². The zero-order valence-electron chi connectivity index (χ0n) is 24.8. The number of aromatic nitrogens is 1. The van der Waals surface area contributed by atoms with E-state index >= 15 is 0 Å². The third-order valence-corrected chi connectivity index (χ3v) is 9.14. The number of fused-ring (bicyclic) bond motifs is 6. The third kappa shape index (κ3) is 5.02. The molecule has 0 saturated carbocycles. The van der Waals surface area contributed by atoms with Crippen molar-refractivity contribution >= 4 is 21.8 Å². The van der Waals surface area contributed by atoms with Crippen molar-refractivity contribution in [3.8, 4) is 33.4 Å². The molecule has 0 fully saturated rings. The van der Waals surface area contributed by atoms with Crippen molar-refractivity contribution in [1.29, 1.82) is 0 Å². The molecule has 0 saturated heterocycles. The number of rotatable bonds is 12. The van der Waals surface area contributed by atoms with E-state index in [0.717, 1.165) is 29.4 Å². The Labute approximate surface area is 257 Å². The van der Waals surface area contributed by atoms with E-state index in [1.54, 1.807) is 0 Å². The highest BCUT2D eigenvalue weighted by atomic mass is 16.5. The smallest absolute Gasteiger partial charge is 0.0697 e. The first kappa shape index (κ1) is 28.5. The van der Waals surface area contributed by atoms with Crippen molar-refractivity contribution in [3.63, 3.8) is 0 Å². The van der Waals surface area contributed by atoms with Crippen molar-refractivity contribution in [3.05, 3.63) is 120 Å². The Morgan fingerprint density at radius 3 is 2.00 bits per heavy atom. The number of aliphatic hydroxyl groups is 2. The monoisotopic (exact) mass is 583 g/mol. The van der Waals surface area contributed by atoms with Gasteiger partial charge in [0.1, 0.15) is 0 Å². The first-order valence-electron chi connectivity index (χ1n) is 15.5. The quantitative estimate of drug-likeness (QED) is 0.129. The highest BCUT2D eigenvalue weighted by Crippen LogP contribution is 2.54. The van der Waals surface area contributed by atoms with Gasteiger partial charge in [-0.2, -0.15) is 0 Å². The molecular formula is C39H37NO4. The standard InChI is InChI=1S/C39H37NO4/c41-19-23-43-21-17-39(18-22-44-24-20-42)35-16-14-28(27-7-2-1-3-8-27)25-34(35)31-15-13-29(26-36(31)39)30-10-6-11-33-32-9-4-5-12-37(32)40-38(30)33/h1-16,25-26,40-42H,17-24H2. The summed E-state index contributed by atoms with van der Waals surface area (Å²) in [4.78, 5) is 3.69. The van der Waals surface area contributed by atoms with Crippen LogP contribution in [0, 0.1) is 0 Å². The maximum atomic E-state index is 9.41. The van der Waals surface area contributed by atoms with Crippen molar-refractivity contribution in [2.45, 2.75) is 18.3 Å². The molecule has 44 heavy (non-hydrogen) atoms. The molecule has 0 atom stereocenters. The van der Waals surface area contributed by atoms with Gasteiger partial charge in [-0.25, -0.2) is 0 Å². The molecular weight excluding hydrogens is 546 g/mol. The summed E-state index contributed by atoms with van der Waals surface area (Å²) < 4.78 is 11.8. The van der Waals surface area contributed by atoms with Gasteiger partial charge in [0, 0.05) is 40.5 Å². The average Bonchev–Trinajstić information content (AvgIpc) is 3.59. The SMILES string of the molecule is OCCOCCC1(CCOCCO)c2ccc(-c3ccccc3)cc2-c2ccc(-c3cccc4c3[nH]c3ccccc34)cc21. The molecule has 0 amide bonds. The van der Waals surface area contributed by atoms with Gasteiger partial charge in [-0.15, -0.1) is 0 Å². The van der Waals surface area contributed by atoms with Crippen molar-refractivity contribution < 1.29 is 19.7 Å². The highest BCUT2D eigenvalue weighted by molar-refractivity contribution is 6.12. The van der Waals surface area contributed by atoms with Crippen LogP contribution in [0.25, 0.3) is 55.2 Å². The molecule has 3 N–H and O–H groups in total. The highest BCUT2D eigenvalue weighted by Gasteiger charge is 2.43. The van der Waals surface area contributed by atoms with Crippen LogP contribution >= 0.6 is 0 Å². The van der Waals surface area contributed by atoms with E-state index in [0.29, 0.717) is 26.4 Å². The molecule has 1 aromatic heterocycles. The van der Waals surface area contributed by atoms with Crippen LogP contribution in [0.2, 0.25) is 0 Å². The lowest BCUT2D eigenvalue weighted by Crippen LogP contribution is -2.29. The Morgan fingerprint density at radius 2 is 1.23 bits per heavy atom. The predicted molar refractivity (Wildman–Crippen MR) is 178 cm³/mol. The van der Waals surface area contributed by atoms with Gasteiger partial charge in [0.25, 0.3) is 0 Å². The number of benzene rings is 5. The molecule has 1 heterocycles. The Kier molecular flexibility index (Phi) is 8.03. The predicted octanol–water partition coefficient (Wildman–Crippen LogP) is 7.72. The number of aliphatic hydroxyl groups excluding tert-OH is 2. The Balaban J connectivity index is 1.40. The zero-order chi connectivity index (χ0) is 29.9. The molecule has 0 spiro atoms. The summed E-state index contributed by atoms with van der Waals surface area (Å²) in [5.41, 5.74) is 11.6. The van der Waals surface area contributed by atoms with Crippen LogP contribution in [0.1, 0.15) is 24.0 Å². The second-order valence-electron chi connectivity index (χ2n) is 11.5. The average molecular weight is 584 g/mol. The molecule has 6 aromatic rings. The second-order valence-corrected chi connectivity index (χ2v) is 11.5. The molecule has 0 aliphatic heterocycles. The number of H-pyrrole nitrogens is 1. The van der Waals surface area contributed by atoms with Crippen LogP contribution in [0.4, 0.5) is 0 Å². The fraction of sp³-hybridized carbons (Fsp3) is 0.231. The van der Waals surface area contributed by atoms with Gasteiger partial charge in [-0.1, -0.05) is 91.0 Å².